The highest BCUT2D eigenvalue weighted by molar-refractivity contribution is 5.57. The number of methoxy groups -OCH3 is 2. The Labute approximate surface area is 115 Å². The molecule has 0 aromatic heterocycles. The minimum Gasteiger partial charge on any atom is -0.496 e. The number of hydrogen-bond acceptors (Lipinski definition) is 3. The Hall–Kier alpha value is -1.22. The highest BCUT2D eigenvalue weighted by Gasteiger charge is 2.36. The van der Waals surface area contributed by atoms with Gasteiger partial charge >= 0.3 is 0 Å². The van der Waals surface area contributed by atoms with Crippen LogP contribution in [0, 0.1) is 0 Å². The molecular formula is C16H24O3. The van der Waals surface area contributed by atoms with Gasteiger partial charge in [0.1, 0.15) is 11.5 Å². The van der Waals surface area contributed by atoms with Crippen molar-refractivity contribution in [3.8, 4) is 11.5 Å². The first kappa shape index (κ1) is 14.2. The van der Waals surface area contributed by atoms with Crippen LogP contribution in [0.25, 0.3) is 0 Å². The topological polar surface area (TPSA) is 38.7 Å². The number of rotatable bonds is 3. The Morgan fingerprint density at radius 1 is 1.26 bits per heavy atom. The van der Waals surface area contributed by atoms with Crippen LogP contribution >= 0.6 is 0 Å². The summed E-state index contributed by atoms with van der Waals surface area (Å²) in [6.45, 7) is 6.15. The first-order valence-electron chi connectivity index (χ1n) is 6.93. The molecule has 0 aliphatic heterocycles. The maximum Gasteiger partial charge on any atom is 0.126 e. The van der Waals surface area contributed by atoms with Crippen LogP contribution in [-0.4, -0.2) is 19.3 Å². The minimum atomic E-state index is -0.832. The number of benzene rings is 1. The third kappa shape index (κ3) is 2.32. The van der Waals surface area contributed by atoms with Crippen molar-refractivity contribution in [2.24, 2.45) is 0 Å². The molecule has 1 aromatic carbocycles. The third-order valence-electron chi connectivity index (χ3n) is 4.05. The van der Waals surface area contributed by atoms with Crippen molar-refractivity contribution >= 4 is 0 Å². The lowest BCUT2D eigenvalue weighted by atomic mass is 9.77. The van der Waals surface area contributed by atoms with Crippen LogP contribution in [0.4, 0.5) is 0 Å². The predicted molar refractivity (Wildman–Crippen MR) is 76.1 cm³/mol. The molecule has 2 rings (SSSR count). The van der Waals surface area contributed by atoms with Gasteiger partial charge in [-0.3, -0.25) is 0 Å². The highest BCUT2D eigenvalue weighted by Crippen LogP contribution is 2.47. The van der Waals surface area contributed by atoms with Crippen molar-refractivity contribution in [3.63, 3.8) is 0 Å². The summed E-state index contributed by atoms with van der Waals surface area (Å²) < 4.78 is 11.2. The normalized spacial score (nSPS) is 22.3. The fourth-order valence-electron chi connectivity index (χ4n) is 3.11. The summed E-state index contributed by atoms with van der Waals surface area (Å²) in [6.07, 6.45) is 2.67. The number of ether oxygens (including phenoxy) is 2. The van der Waals surface area contributed by atoms with Crippen LogP contribution in [-0.2, 0) is 12.0 Å². The van der Waals surface area contributed by atoms with E-state index in [1.54, 1.807) is 14.2 Å². The average Bonchev–Trinajstić information content (AvgIpc) is 2.36. The molecule has 1 aliphatic carbocycles. The van der Waals surface area contributed by atoms with Crippen molar-refractivity contribution in [2.75, 3.05) is 14.2 Å². The van der Waals surface area contributed by atoms with Crippen LogP contribution in [0.3, 0.4) is 0 Å². The van der Waals surface area contributed by atoms with E-state index in [-0.39, 0.29) is 0 Å². The van der Waals surface area contributed by atoms with Gasteiger partial charge in [0, 0.05) is 16.7 Å². The maximum absolute atomic E-state index is 10.7. The van der Waals surface area contributed by atoms with E-state index in [0.29, 0.717) is 5.92 Å². The van der Waals surface area contributed by atoms with Crippen LogP contribution in [0.1, 0.15) is 56.2 Å². The number of hydrogen-bond donors (Lipinski definition) is 1. The Morgan fingerprint density at radius 3 is 2.47 bits per heavy atom. The predicted octanol–water partition coefficient (Wildman–Crippen LogP) is 3.37. The van der Waals surface area contributed by atoms with E-state index < -0.39 is 5.60 Å². The molecule has 0 spiro atoms. The molecular weight excluding hydrogens is 240 g/mol. The fraction of sp³-hybridized carbons (Fsp3) is 0.625. The second-order valence-electron chi connectivity index (χ2n) is 5.84. The van der Waals surface area contributed by atoms with Crippen LogP contribution in [0.15, 0.2) is 6.07 Å². The fourth-order valence-corrected chi connectivity index (χ4v) is 3.11. The van der Waals surface area contributed by atoms with Crippen molar-refractivity contribution in [3.05, 3.63) is 22.8 Å². The molecule has 0 bridgehead atoms. The summed E-state index contributed by atoms with van der Waals surface area (Å²) in [6, 6.07) is 2.02. The second-order valence-corrected chi connectivity index (χ2v) is 5.84. The van der Waals surface area contributed by atoms with Gasteiger partial charge in [-0.15, -0.1) is 0 Å². The molecule has 0 saturated carbocycles. The van der Waals surface area contributed by atoms with Gasteiger partial charge in [-0.1, -0.05) is 13.8 Å². The highest BCUT2D eigenvalue weighted by atomic mass is 16.5. The summed E-state index contributed by atoms with van der Waals surface area (Å²) in [5, 5.41) is 10.7. The van der Waals surface area contributed by atoms with Crippen molar-refractivity contribution in [1.29, 1.82) is 0 Å². The Bertz CT molecular complexity index is 475. The van der Waals surface area contributed by atoms with Gasteiger partial charge in [-0.05, 0) is 38.2 Å². The molecule has 0 saturated heterocycles. The zero-order valence-corrected chi connectivity index (χ0v) is 12.5. The monoisotopic (exact) mass is 264 g/mol. The van der Waals surface area contributed by atoms with Gasteiger partial charge in [0.25, 0.3) is 0 Å². The molecule has 106 valence electrons. The first-order chi connectivity index (χ1) is 8.92. The molecule has 1 unspecified atom stereocenters. The number of aliphatic hydroxyl groups is 1. The summed E-state index contributed by atoms with van der Waals surface area (Å²) in [4.78, 5) is 0. The summed E-state index contributed by atoms with van der Waals surface area (Å²) in [5.74, 6) is 2.07. The Morgan fingerprint density at radius 2 is 1.95 bits per heavy atom. The van der Waals surface area contributed by atoms with Gasteiger partial charge in [-0.2, -0.15) is 0 Å². The summed E-state index contributed by atoms with van der Waals surface area (Å²) in [7, 11) is 3.37. The summed E-state index contributed by atoms with van der Waals surface area (Å²) >= 11 is 0. The SMILES string of the molecule is COc1cc(C(C)C)c(OC)c2c1C(C)(O)CCC2. The Kier molecular flexibility index (Phi) is 3.77. The lowest BCUT2D eigenvalue weighted by Crippen LogP contribution is -2.28. The van der Waals surface area contributed by atoms with Gasteiger partial charge in [0.05, 0.1) is 19.8 Å². The van der Waals surface area contributed by atoms with Crippen molar-refractivity contribution in [1.82, 2.24) is 0 Å². The molecule has 1 atom stereocenters. The molecule has 0 fully saturated rings. The van der Waals surface area contributed by atoms with E-state index in [9.17, 15) is 5.11 Å². The smallest absolute Gasteiger partial charge is 0.126 e. The van der Waals surface area contributed by atoms with Crippen LogP contribution < -0.4 is 9.47 Å². The van der Waals surface area contributed by atoms with E-state index in [4.69, 9.17) is 9.47 Å². The van der Waals surface area contributed by atoms with Gasteiger partial charge in [0.15, 0.2) is 0 Å². The first-order valence-corrected chi connectivity index (χ1v) is 6.93. The maximum atomic E-state index is 10.7. The molecule has 0 amide bonds. The lowest BCUT2D eigenvalue weighted by molar-refractivity contribution is 0.0355. The van der Waals surface area contributed by atoms with Crippen molar-refractivity contribution in [2.45, 2.75) is 51.6 Å². The van der Waals surface area contributed by atoms with Crippen LogP contribution in [0.5, 0.6) is 11.5 Å². The molecule has 0 heterocycles. The van der Waals surface area contributed by atoms with Crippen molar-refractivity contribution < 1.29 is 14.6 Å². The van der Waals surface area contributed by atoms with Gasteiger partial charge in [0.2, 0.25) is 0 Å². The van der Waals surface area contributed by atoms with E-state index in [2.05, 4.69) is 13.8 Å². The summed E-state index contributed by atoms with van der Waals surface area (Å²) in [5.41, 5.74) is 2.34. The standard InChI is InChI=1S/C16H24O3/c1-10(2)12-9-13(18-4)14-11(15(12)19-5)7-6-8-16(14,3)17/h9-10,17H,6-8H2,1-5H3. The molecule has 1 N–H and O–H groups in total. The zero-order chi connectivity index (χ0) is 14.2. The number of fused-ring (bicyclic) bond motifs is 1. The largest absolute Gasteiger partial charge is 0.496 e. The molecule has 3 heteroatoms. The quantitative estimate of drug-likeness (QED) is 0.909. The molecule has 1 aromatic rings. The lowest BCUT2D eigenvalue weighted by Gasteiger charge is -2.34. The molecule has 0 radical (unpaired) electrons. The molecule has 19 heavy (non-hydrogen) atoms. The molecule has 3 nitrogen and oxygen atoms in total. The van der Waals surface area contributed by atoms with E-state index in [0.717, 1.165) is 47.5 Å². The zero-order valence-electron chi connectivity index (χ0n) is 12.5. The van der Waals surface area contributed by atoms with Gasteiger partial charge < -0.3 is 14.6 Å². The van der Waals surface area contributed by atoms with E-state index in [1.165, 1.54) is 0 Å². The van der Waals surface area contributed by atoms with E-state index >= 15 is 0 Å². The Balaban J connectivity index is 2.75. The van der Waals surface area contributed by atoms with E-state index in [1.807, 2.05) is 13.0 Å². The minimum absolute atomic E-state index is 0.362. The van der Waals surface area contributed by atoms with Gasteiger partial charge in [-0.25, -0.2) is 0 Å². The van der Waals surface area contributed by atoms with Crippen LogP contribution in [0.2, 0.25) is 0 Å². The average molecular weight is 264 g/mol. The second kappa shape index (κ2) is 5.04. The molecule has 1 aliphatic rings. The third-order valence-corrected chi connectivity index (χ3v) is 4.05.